The Morgan fingerprint density at radius 2 is 1.43 bits per heavy atom. The van der Waals surface area contributed by atoms with E-state index in [-0.39, 0.29) is 16.3 Å². The fourth-order valence-corrected chi connectivity index (χ4v) is 7.06. The van der Waals surface area contributed by atoms with Crippen molar-refractivity contribution in [3.63, 3.8) is 0 Å². The zero-order valence-corrected chi connectivity index (χ0v) is 26.9. The fourth-order valence-electron chi connectivity index (χ4n) is 5.53. The molecule has 0 atom stereocenters. The van der Waals surface area contributed by atoms with E-state index in [1.54, 1.807) is 63.2 Å². The van der Waals surface area contributed by atoms with Gasteiger partial charge < -0.3 is 9.47 Å². The predicted molar refractivity (Wildman–Crippen MR) is 178 cm³/mol. The summed E-state index contributed by atoms with van der Waals surface area (Å²) in [6.45, 7) is 7.53. The van der Waals surface area contributed by atoms with Crippen LogP contribution in [0.3, 0.4) is 0 Å². The third-order valence-corrected chi connectivity index (χ3v) is 9.33. The van der Waals surface area contributed by atoms with Crippen LogP contribution in [0.2, 0.25) is 0 Å². The number of nitrogens with zero attached hydrogens (tertiary/aromatic N) is 2. The minimum Gasteiger partial charge on any atom is -0.489 e. The Hall–Kier alpha value is -5.15. The molecule has 4 aromatic carbocycles. The molecule has 0 unspecified atom stereocenters. The quantitative estimate of drug-likeness (QED) is 0.158. The third-order valence-electron chi connectivity index (χ3n) is 7.59. The second-order valence-electron chi connectivity index (χ2n) is 12.0. The van der Waals surface area contributed by atoms with Crippen LogP contribution >= 0.6 is 0 Å². The highest BCUT2D eigenvalue weighted by Gasteiger charge is 2.32. The molecule has 0 aliphatic carbocycles. The molecule has 0 spiro atoms. The summed E-state index contributed by atoms with van der Waals surface area (Å²) >= 11 is 0. The van der Waals surface area contributed by atoms with Gasteiger partial charge in [0.25, 0.3) is 10.0 Å². The zero-order valence-electron chi connectivity index (χ0n) is 26.1. The highest BCUT2D eigenvalue weighted by molar-refractivity contribution is 7.90. The molecule has 0 bridgehead atoms. The maximum atomic E-state index is 14.6. The molecule has 6 aromatic rings. The summed E-state index contributed by atoms with van der Waals surface area (Å²) in [5, 5.41) is 1.15. The summed E-state index contributed by atoms with van der Waals surface area (Å²) in [7, 11) is -4.25. The average molecular weight is 635 g/mol. The number of rotatable bonds is 8. The lowest BCUT2D eigenvalue weighted by molar-refractivity contribution is 0.0536. The molecule has 0 radical (unpaired) electrons. The topological polar surface area (TPSA) is 96.6 Å². The Morgan fingerprint density at radius 1 is 0.761 bits per heavy atom. The highest BCUT2D eigenvalue weighted by Crippen LogP contribution is 2.33. The molecule has 46 heavy (non-hydrogen) atoms. The summed E-state index contributed by atoms with van der Waals surface area (Å²) in [5.74, 6) is -0.133. The number of para-hydroxylation sites is 1. The molecule has 6 rings (SSSR count). The van der Waals surface area contributed by atoms with Gasteiger partial charge in [0.1, 0.15) is 29.3 Å². The van der Waals surface area contributed by atoms with E-state index in [0.717, 1.165) is 15.1 Å². The standard InChI is InChI=1S/C37H34N2O6S/c1-5-26-15-12-16-27-22-32(38(34(26)27)36(41)45-37(2,3)4)35(40)33-23-28-21-29(44-24-25-13-8-6-9-14-25)19-20-31(28)39(33)46(42,43)30-17-10-7-11-18-30/h6-23H,5,24H2,1-4H3. The van der Waals surface area contributed by atoms with E-state index in [4.69, 9.17) is 9.47 Å². The van der Waals surface area contributed by atoms with Gasteiger partial charge >= 0.3 is 6.09 Å². The van der Waals surface area contributed by atoms with Crippen LogP contribution in [0.5, 0.6) is 5.75 Å². The number of carbonyl (C=O) groups excluding carboxylic acids is 2. The van der Waals surface area contributed by atoms with Crippen LogP contribution in [-0.4, -0.2) is 34.4 Å². The number of ether oxygens (including phenoxy) is 2. The van der Waals surface area contributed by atoms with E-state index in [1.165, 1.54) is 22.8 Å². The van der Waals surface area contributed by atoms with Crippen molar-refractivity contribution in [2.24, 2.45) is 0 Å². The summed E-state index contributed by atoms with van der Waals surface area (Å²) < 4.78 is 42.5. The van der Waals surface area contributed by atoms with Crippen LogP contribution in [0.15, 0.2) is 114 Å². The Bertz CT molecular complexity index is 2190. The molecular formula is C37H34N2O6S. The van der Waals surface area contributed by atoms with E-state index in [0.29, 0.717) is 40.6 Å². The predicted octanol–water partition coefficient (Wildman–Crippen LogP) is 7.99. The van der Waals surface area contributed by atoms with Gasteiger partial charge in [-0.1, -0.05) is 73.7 Å². The first kappa shape index (κ1) is 30.9. The maximum Gasteiger partial charge on any atom is 0.419 e. The second-order valence-corrected chi connectivity index (χ2v) is 13.8. The van der Waals surface area contributed by atoms with Gasteiger partial charge in [-0.25, -0.2) is 21.8 Å². The minimum absolute atomic E-state index is 0.00183. The van der Waals surface area contributed by atoms with Gasteiger partial charge in [0.2, 0.25) is 5.78 Å². The Balaban J connectivity index is 1.55. The van der Waals surface area contributed by atoms with Crippen LogP contribution in [0.25, 0.3) is 21.8 Å². The molecule has 0 amide bonds. The largest absolute Gasteiger partial charge is 0.489 e. The Labute approximate surface area is 267 Å². The molecular weight excluding hydrogens is 600 g/mol. The van der Waals surface area contributed by atoms with Gasteiger partial charge in [0.05, 0.1) is 15.9 Å². The molecule has 0 fully saturated rings. The molecule has 234 valence electrons. The number of fused-ring (bicyclic) bond motifs is 2. The molecule has 9 heteroatoms. The normalized spacial score (nSPS) is 12.0. The van der Waals surface area contributed by atoms with Crippen LogP contribution in [0, 0.1) is 0 Å². The first-order valence-corrected chi connectivity index (χ1v) is 16.5. The first-order valence-electron chi connectivity index (χ1n) is 15.0. The molecule has 8 nitrogen and oxygen atoms in total. The number of hydrogen-bond acceptors (Lipinski definition) is 6. The maximum absolute atomic E-state index is 14.6. The van der Waals surface area contributed by atoms with Crippen LogP contribution in [0.4, 0.5) is 4.79 Å². The van der Waals surface area contributed by atoms with E-state index in [2.05, 4.69) is 0 Å². The monoisotopic (exact) mass is 634 g/mol. The fraction of sp³-hybridized carbons (Fsp3) is 0.189. The molecule has 0 saturated heterocycles. The van der Waals surface area contributed by atoms with Crippen LogP contribution < -0.4 is 4.74 Å². The van der Waals surface area contributed by atoms with Gasteiger partial charge in [-0.3, -0.25) is 4.79 Å². The van der Waals surface area contributed by atoms with Crippen molar-refractivity contribution in [3.05, 3.63) is 132 Å². The van der Waals surface area contributed by atoms with Crippen molar-refractivity contribution < 1.29 is 27.5 Å². The van der Waals surface area contributed by atoms with Gasteiger partial charge in [0.15, 0.2) is 0 Å². The lowest BCUT2D eigenvalue weighted by Gasteiger charge is -2.21. The number of ketones is 1. The van der Waals surface area contributed by atoms with Gasteiger partial charge in [-0.2, -0.15) is 0 Å². The van der Waals surface area contributed by atoms with Gasteiger partial charge in [0, 0.05) is 10.8 Å². The summed E-state index contributed by atoms with van der Waals surface area (Å²) in [5.41, 5.74) is 1.71. The summed E-state index contributed by atoms with van der Waals surface area (Å²) in [4.78, 5) is 28.4. The number of aromatic nitrogens is 2. The first-order chi connectivity index (χ1) is 22.0. The summed E-state index contributed by atoms with van der Waals surface area (Å²) in [6.07, 6.45) is -0.122. The molecule has 2 heterocycles. The second kappa shape index (κ2) is 12.0. The molecule has 0 aliphatic heterocycles. The van der Waals surface area contributed by atoms with Crippen molar-refractivity contribution in [2.45, 2.75) is 51.2 Å². The van der Waals surface area contributed by atoms with Gasteiger partial charge in [-0.05, 0) is 80.8 Å². The minimum atomic E-state index is -4.25. The SMILES string of the molecule is CCc1cccc2cc(C(=O)c3cc4cc(OCc5ccccc5)ccc4n3S(=O)(=O)c3ccccc3)n(C(=O)OC(C)(C)C)c12. The number of hydrogen-bond donors (Lipinski definition) is 0. The summed E-state index contributed by atoms with van der Waals surface area (Å²) in [6, 6.07) is 31.4. The molecule has 0 aliphatic rings. The third kappa shape index (κ3) is 5.81. The van der Waals surface area contributed by atoms with Crippen molar-refractivity contribution in [1.82, 2.24) is 8.54 Å². The van der Waals surface area contributed by atoms with Crippen molar-refractivity contribution in [2.75, 3.05) is 0 Å². The molecule has 0 N–H and O–H groups in total. The highest BCUT2D eigenvalue weighted by atomic mass is 32.2. The van der Waals surface area contributed by atoms with E-state index < -0.39 is 27.5 Å². The number of aryl methyl sites for hydroxylation is 1. The average Bonchev–Trinajstić information content (AvgIpc) is 3.63. The smallest absolute Gasteiger partial charge is 0.419 e. The molecule has 0 saturated carbocycles. The Morgan fingerprint density at radius 3 is 2.11 bits per heavy atom. The van der Waals surface area contributed by atoms with Crippen molar-refractivity contribution >= 4 is 43.7 Å². The van der Waals surface area contributed by atoms with E-state index >= 15 is 0 Å². The van der Waals surface area contributed by atoms with Crippen molar-refractivity contribution in [1.29, 1.82) is 0 Å². The van der Waals surface area contributed by atoms with Gasteiger partial charge in [-0.15, -0.1) is 0 Å². The number of carbonyl (C=O) groups is 2. The number of benzene rings is 4. The van der Waals surface area contributed by atoms with Crippen LogP contribution in [-0.2, 0) is 27.8 Å². The lowest BCUT2D eigenvalue weighted by Crippen LogP contribution is -2.29. The van der Waals surface area contributed by atoms with Crippen LogP contribution in [0.1, 0.15) is 55.0 Å². The lowest BCUT2D eigenvalue weighted by atomic mass is 10.1. The molecule has 2 aromatic heterocycles. The van der Waals surface area contributed by atoms with Crippen molar-refractivity contribution in [3.8, 4) is 5.75 Å². The van der Waals surface area contributed by atoms with E-state index in [1.807, 2.05) is 55.5 Å². The Kier molecular flexibility index (Phi) is 8.04. The van der Waals surface area contributed by atoms with E-state index in [9.17, 15) is 18.0 Å². The zero-order chi connectivity index (χ0) is 32.6.